The van der Waals surface area contributed by atoms with Gasteiger partial charge in [0.15, 0.2) is 0 Å². The maximum absolute atomic E-state index is 13.0. The van der Waals surface area contributed by atoms with Gasteiger partial charge in [-0.1, -0.05) is 0 Å². The molecule has 1 atom stereocenters. The molecule has 0 spiro atoms. The van der Waals surface area contributed by atoms with Crippen molar-refractivity contribution >= 4 is 11.7 Å². The van der Waals surface area contributed by atoms with Crippen LogP contribution in [-0.4, -0.2) is 38.8 Å². The van der Waals surface area contributed by atoms with Gasteiger partial charge in [-0.05, 0) is 12.1 Å². The number of ether oxygens (including phenoxy) is 3. The van der Waals surface area contributed by atoms with Gasteiger partial charge in [0, 0.05) is 6.07 Å². The van der Waals surface area contributed by atoms with E-state index in [0.717, 1.165) is 0 Å². The minimum Gasteiger partial charge on any atom is -0.497 e. The Kier molecular flexibility index (Phi) is 3.96. The van der Waals surface area contributed by atoms with Crippen molar-refractivity contribution in [2.75, 3.05) is 26.1 Å². The first-order valence-corrected chi connectivity index (χ1v) is 6.01. The SMILES string of the molecule is COc1ccc(NCC2CC(F)(F)C(=O)O2)c(OC)c1. The Morgan fingerprint density at radius 3 is 2.70 bits per heavy atom. The van der Waals surface area contributed by atoms with E-state index in [1.807, 2.05) is 0 Å². The third-order valence-electron chi connectivity index (χ3n) is 2.99. The van der Waals surface area contributed by atoms with Gasteiger partial charge in [-0.25, -0.2) is 4.79 Å². The number of hydrogen-bond donors (Lipinski definition) is 1. The largest absolute Gasteiger partial charge is 0.497 e. The molecule has 0 saturated carbocycles. The van der Waals surface area contributed by atoms with Crippen molar-refractivity contribution in [1.82, 2.24) is 0 Å². The van der Waals surface area contributed by atoms with Crippen LogP contribution in [0.25, 0.3) is 0 Å². The van der Waals surface area contributed by atoms with E-state index in [4.69, 9.17) is 9.47 Å². The maximum atomic E-state index is 13.0. The summed E-state index contributed by atoms with van der Waals surface area (Å²) in [5.41, 5.74) is 0.611. The average Bonchev–Trinajstić information content (AvgIpc) is 2.69. The Bertz CT molecular complexity index is 507. The van der Waals surface area contributed by atoms with E-state index in [9.17, 15) is 13.6 Å². The molecule has 1 aromatic carbocycles. The summed E-state index contributed by atoms with van der Waals surface area (Å²) in [6.07, 6.45) is -1.47. The van der Waals surface area contributed by atoms with E-state index in [1.54, 1.807) is 18.2 Å². The fraction of sp³-hybridized carbons (Fsp3) is 0.462. The normalized spacial score (nSPS) is 20.4. The monoisotopic (exact) mass is 287 g/mol. The quantitative estimate of drug-likeness (QED) is 0.840. The number of methoxy groups -OCH3 is 2. The maximum Gasteiger partial charge on any atom is 0.377 e. The number of anilines is 1. The molecule has 1 aromatic rings. The molecule has 1 heterocycles. The number of halogens is 2. The van der Waals surface area contributed by atoms with Crippen LogP contribution in [0.3, 0.4) is 0 Å². The topological polar surface area (TPSA) is 56.8 Å². The standard InChI is InChI=1S/C13H15F2NO4/c1-18-8-3-4-10(11(5-8)19-2)16-7-9-6-13(14,15)12(17)20-9/h3-5,9,16H,6-7H2,1-2H3. The first-order valence-electron chi connectivity index (χ1n) is 6.01. The molecule has 1 unspecified atom stereocenters. The number of cyclic esters (lactones) is 1. The Hall–Kier alpha value is -2.05. The number of carbonyl (C=O) groups is 1. The lowest BCUT2D eigenvalue weighted by Gasteiger charge is -2.14. The van der Waals surface area contributed by atoms with Gasteiger partial charge in [0.1, 0.15) is 17.6 Å². The van der Waals surface area contributed by atoms with E-state index in [0.29, 0.717) is 17.2 Å². The number of rotatable bonds is 5. The molecule has 7 heteroatoms. The van der Waals surface area contributed by atoms with Gasteiger partial charge in [-0.3, -0.25) is 0 Å². The molecule has 0 bridgehead atoms. The summed E-state index contributed by atoms with van der Waals surface area (Å²) in [5, 5.41) is 2.92. The molecule has 5 nitrogen and oxygen atoms in total. The molecule has 0 aliphatic carbocycles. The van der Waals surface area contributed by atoms with E-state index >= 15 is 0 Å². The number of nitrogens with one attached hydrogen (secondary N) is 1. The second-order valence-electron chi connectivity index (χ2n) is 4.38. The van der Waals surface area contributed by atoms with E-state index < -0.39 is 24.4 Å². The van der Waals surface area contributed by atoms with Crippen LogP contribution in [-0.2, 0) is 9.53 Å². The summed E-state index contributed by atoms with van der Waals surface area (Å²) in [6, 6.07) is 5.07. The Morgan fingerprint density at radius 2 is 2.15 bits per heavy atom. The highest BCUT2D eigenvalue weighted by Crippen LogP contribution is 2.32. The van der Waals surface area contributed by atoms with Crippen LogP contribution in [0.1, 0.15) is 6.42 Å². The highest BCUT2D eigenvalue weighted by Gasteiger charge is 2.50. The molecule has 1 aliphatic rings. The molecule has 110 valence electrons. The number of benzene rings is 1. The molecule has 0 aromatic heterocycles. The number of hydrogen-bond acceptors (Lipinski definition) is 5. The first-order chi connectivity index (χ1) is 9.46. The zero-order valence-electron chi connectivity index (χ0n) is 11.1. The van der Waals surface area contributed by atoms with Gasteiger partial charge in [-0.2, -0.15) is 8.78 Å². The molecule has 20 heavy (non-hydrogen) atoms. The van der Waals surface area contributed by atoms with E-state index in [-0.39, 0.29) is 6.54 Å². The summed E-state index contributed by atoms with van der Waals surface area (Å²) in [5.74, 6) is -3.73. The van der Waals surface area contributed by atoms with Crippen molar-refractivity contribution in [3.05, 3.63) is 18.2 Å². The summed E-state index contributed by atoms with van der Waals surface area (Å²) in [6.45, 7) is 0.0873. The lowest BCUT2D eigenvalue weighted by atomic mass is 10.2. The number of alkyl halides is 2. The lowest BCUT2D eigenvalue weighted by Crippen LogP contribution is -2.22. The molecule has 1 fully saturated rings. The molecule has 1 aliphatic heterocycles. The summed E-state index contributed by atoms with van der Waals surface area (Å²) in [4.78, 5) is 10.9. The van der Waals surface area contributed by atoms with E-state index in [2.05, 4.69) is 10.1 Å². The number of carbonyl (C=O) groups excluding carboxylic acids is 1. The van der Waals surface area contributed by atoms with Gasteiger partial charge in [0.25, 0.3) is 0 Å². The minimum atomic E-state index is -3.39. The Labute approximate surface area is 114 Å². The average molecular weight is 287 g/mol. The summed E-state index contributed by atoms with van der Waals surface area (Å²) < 4.78 is 40.9. The molecular formula is C13H15F2NO4. The highest BCUT2D eigenvalue weighted by atomic mass is 19.3. The highest BCUT2D eigenvalue weighted by molar-refractivity contribution is 5.79. The molecule has 1 N–H and O–H groups in total. The van der Waals surface area contributed by atoms with Crippen molar-refractivity contribution in [2.45, 2.75) is 18.4 Å². The minimum absolute atomic E-state index is 0.0873. The van der Waals surface area contributed by atoms with Crippen molar-refractivity contribution in [3.63, 3.8) is 0 Å². The van der Waals surface area contributed by atoms with Crippen LogP contribution in [0, 0.1) is 0 Å². The smallest absolute Gasteiger partial charge is 0.377 e. The third kappa shape index (κ3) is 2.92. The predicted molar refractivity (Wildman–Crippen MR) is 67.5 cm³/mol. The van der Waals surface area contributed by atoms with Gasteiger partial charge in [0.2, 0.25) is 0 Å². The summed E-state index contributed by atoms with van der Waals surface area (Å²) >= 11 is 0. The van der Waals surface area contributed by atoms with E-state index in [1.165, 1.54) is 14.2 Å². The van der Waals surface area contributed by atoms with Crippen molar-refractivity contribution in [1.29, 1.82) is 0 Å². The molecule has 1 saturated heterocycles. The van der Waals surface area contributed by atoms with Crippen molar-refractivity contribution < 1.29 is 27.8 Å². The van der Waals surface area contributed by atoms with Crippen LogP contribution < -0.4 is 14.8 Å². The summed E-state index contributed by atoms with van der Waals surface area (Å²) in [7, 11) is 3.02. The molecule has 2 rings (SSSR count). The van der Waals surface area contributed by atoms with Crippen LogP contribution in [0.2, 0.25) is 0 Å². The number of esters is 1. The molecule has 0 radical (unpaired) electrons. The zero-order chi connectivity index (χ0) is 14.8. The first kappa shape index (κ1) is 14.4. The third-order valence-corrected chi connectivity index (χ3v) is 2.99. The molecule has 0 amide bonds. The van der Waals surface area contributed by atoms with Crippen LogP contribution >= 0.6 is 0 Å². The zero-order valence-corrected chi connectivity index (χ0v) is 11.1. The van der Waals surface area contributed by atoms with Crippen LogP contribution in [0.15, 0.2) is 18.2 Å². The Balaban J connectivity index is 2.00. The van der Waals surface area contributed by atoms with Crippen LogP contribution in [0.4, 0.5) is 14.5 Å². The van der Waals surface area contributed by atoms with Crippen molar-refractivity contribution in [2.24, 2.45) is 0 Å². The Morgan fingerprint density at radius 1 is 1.40 bits per heavy atom. The fourth-order valence-corrected chi connectivity index (χ4v) is 1.93. The fourth-order valence-electron chi connectivity index (χ4n) is 1.93. The molecular weight excluding hydrogens is 272 g/mol. The van der Waals surface area contributed by atoms with Gasteiger partial charge < -0.3 is 19.5 Å². The van der Waals surface area contributed by atoms with Gasteiger partial charge in [0.05, 0.1) is 32.9 Å². The predicted octanol–water partition coefficient (Wildman–Crippen LogP) is 2.07. The van der Waals surface area contributed by atoms with Gasteiger partial charge in [-0.15, -0.1) is 0 Å². The van der Waals surface area contributed by atoms with Crippen molar-refractivity contribution in [3.8, 4) is 11.5 Å². The second kappa shape index (κ2) is 5.52. The van der Waals surface area contributed by atoms with Gasteiger partial charge >= 0.3 is 11.9 Å². The second-order valence-corrected chi connectivity index (χ2v) is 4.38. The van der Waals surface area contributed by atoms with Crippen LogP contribution in [0.5, 0.6) is 11.5 Å². The lowest BCUT2D eigenvalue weighted by molar-refractivity contribution is -0.158.